The highest BCUT2D eigenvalue weighted by Crippen LogP contribution is 2.25. The van der Waals surface area contributed by atoms with Crippen molar-refractivity contribution in [3.63, 3.8) is 0 Å². The van der Waals surface area contributed by atoms with E-state index in [1.807, 2.05) is 0 Å². The van der Waals surface area contributed by atoms with Gasteiger partial charge in [0.1, 0.15) is 5.82 Å². The second kappa shape index (κ2) is 4.94. The summed E-state index contributed by atoms with van der Waals surface area (Å²) in [5.74, 6) is 0.0419. The van der Waals surface area contributed by atoms with Crippen LogP contribution in [-0.2, 0) is 9.84 Å². The van der Waals surface area contributed by atoms with Crippen LogP contribution >= 0.6 is 15.9 Å². The first-order valence-corrected chi connectivity index (χ1v) is 8.00. The summed E-state index contributed by atoms with van der Waals surface area (Å²) in [5.41, 5.74) is 0.604. The van der Waals surface area contributed by atoms with Crippen molar-refractivity contribution < 1.29 is 12.8 Å². The Hall–Kier alpha value is -0.620. The van der Waals surface area contributed by atoms with Crippen LogP contribution in [0.1, 0.15) is 12.8 Å². The maximum atomic E-state index is 13.1. The fourth-order valence-corrected chi connectivity index (χ4v) is 3.96. The van der Waals surface area contributed by atoms with Crippen LogP contribution in [0.3, 0.4) is 0 Å². The molecule has 1 aliphatic heterocycles. The number of halogens is 2. The van der Waals surface area contributed by atoms with Crippen LogP contribution in [-0.4, -0.2) is 26.0 Å². The van der Waals surface area contributed by atoms with Crippen molar-refractivity contribution in [2.24, 2.45) is 0 Å². The smallest absolute Gasteiger partial charge is 0.152 e. The molecule has 6 heteroatoms. The van der Waals surface area contributed by atoms with E-state index in [4.69, 9.17) is 0 Å². The van der Waals surface area contributed by atoms with E-state index in [-0.39, 0.29) is 23.4 Å². The Morgan fingerprint density at radius 2 is 2.18 bits per heavy atom. The van der Waals surface area contributed by atoms with E-state index < -0.39 is 9.84 Å². The molecule has 1 unspecified atom stereocenters. The predicted octanol–water partition coefficient (Wildman–Crippen LogP) is 2.58. The third-order valence-electron chi connectivity index (χ3n) is 2.75. The fraction of sp³-hybridized carbons (Fsp3) is 0.455. The third kappa shape index (κ3) is 3.42. The van der Waals surface area contributed by atoms with Gasteiger partial charge in [0.15, 0.2) is 9.84 Å². The van der Waals surface area contributed by atoms with Gasteiger partial charge in [0.05, 0.1) is 17.2 Å². The van der Waals surface area contributed by atoms with Gasteiger partial charge >= 0.3 is 0 Å². The standard InChI is InChI=1S/C11H13BrFNO2S/c12-10-4-3-8(13)6-11(10)14-9-2-1-5-17(15,16)7-9/h3-4,6,9,14H,1-2,5,7H2. The lowest BCUT2D eigenvalue weighted by Gasteiger charge is -2.24. The number of rotatable bonds is 2. The lowest BCUT2D eigenvalue weighted by molar-refractivity contribution is 0.561. The van der Waals surface area contributed by atoms with Crippen LogP contribution in [0.25, 0.3) is 0 Å². The quantitative estimate of drug-likeness (QED) is 0.910. The monoisotopic (exact) mass is 321 g/mol. The first kappa shape index (κ1) is 12.8. The molecule has 3 nitrogen and oxygen atoms in total. The Labute approximate surface area is 108 Å². The SMILES string of the molecule is O=S1(=O)CCCC(Nc2cc(F)ccc2Br)C1. The topological polar surface area (TPSA) is 46.2 Å². The van der Waals surface area contributed by atoms with Crippen LogP contribution in [0.5, 0.6) is 0 Å². The zero-order valence-electron chi connectivity index (χ0n) is 9.12. The Balaban J connectivity index is 2.13. The van der Waals surface area contributed by atoms with E-state index in [1.165, 1.54) is 12.1 Å². The van der Waals surface area contributed by atoms with Crippen molar-refractivity contribution in [3.05, 3.63) is 28.5 Å². The van der Waals surface area contributed by atoms with Gasteiger partial charge in [-0.05, 0) is 47.0 Å². The second-order valence-electron chi connectivity index (χ2n) is 4.22. The number of nitrogens with one attached hydrogen (secondary N) is 1. The molecule has 1 fully saturated rings. The molecule has 2 rings (SSSR count). The minimum absolute atomic E-state index is 0.121. The van der Waals surface area contributed by atoms with Gasteiger partial charge in [-0.3, -0.25) is 0 Å². The fourth-order valence-electron chi connectivity index (χ4n) is 1.96. The summed E-state index contributed by atoms with van der Waals surface area (Å²) in [6.45, 7) is 0. The highest BCUT2D eigenvalue weighted by molar-refractivity contribution is 9.10. The van der Waals surface area contributed by atoms with Crippen molar-refractivity contribution in [1.82, 2.24) is 0 Å². The number of hydrogen-bond donors (Lipinski definition) is 1. The molecule has 94 valence electrons. The number of sulfone groups is 1. The molecule has 17 heavy (non-hydrogen) atoms. The van der Waals surface area contributed by atoms with Crippen molar-refractivity contribution in [1.29, 1.82) is 0 Å². The van der Waals surface area contributed by atoms with E-state index >= 15 is 0 Å². The largest absolute Gasteiger partial charge is 0.380 e. The molecular weight excluding hydrogens is 309 g/mol. The molecule has 0 saturated carbocycles. The van der Waals surface area contributed by atoms with Gasteiger partial charge in [-0.25, -0.2) is 12.8 Å². The summed E-state index contributed by atoms with van der Waals surface area (Å²) < 4.78 is 36.8. The van der Waals surface area contributed by atoms with Crippen molar-refractivity contribution in [2.45, 2.75) is 18.9 Å². The Morgan fingerprint density at radius 1 is 1.41 bits per heavy atom. The molecule has 0 spiro atoms. The van der Waals surface area contributed by atoms with Gasteiger partial charge in [-0.1, -0.05) is 0 Å². The van der Waals surface area contributed by atoms with Crippen LogP contribution in [0.2, 0.25) is 0 Å². The number of benzene rings is 1. The van der Waals surface area contributed by atoms with Gasteiger partial charge < -0.3 is 5.32 Å². The average molecular weight is 322 g/mol. The molecule has 1 heterocycles. The van der Waals surface area contributed by atoms with Gasteiger partial charge in [0.25, 0.3) is 0 Å². The first-order chi connectivity index (χ1) is 7.96. The molecule has 1 aromatic carbocycles. The lowest BCUT2D eigenvalue weighted by Crippen LogP contribution is -2.34. The van der Waals surface area contributed by atoms with Gasteiger partial charge in [-0.15, -0.1) is 0 Å². The van der Waals surface area contributed by atoms with Crippen molar-refractivity contribution in [2.75, 3.05) is 16.8 Å². The van der Waals surface area contributed by atoms with Gasteiger partial charge in [0.2, 0.25) is 0 Å². The summed E-state index contributed by atoms with van der Waals surface area (Å²) in [7, 11) is -2.95. The van der Waals surface area contributed by atoms with Gasteiger partial charge in [-0.2, -0.15) is 0 Å². The minimum Gasteiger partial charge on any atom is -0.380 e. The highest BCUT2D eigenvalue weighted by Gasteiger charge is 2.24. The van der Waals surface area contributed by atoms with E-state index in [0.717, 1.165) is 10.9 Å². The third-order valence-corrected chi connectivity index (χ3v) is 5.26. The maximum absolute atomic E-state index is 13.1. The van der Waals surface area contributed by atoms with Crippen LogP contribution in [0.15, 0.2) is 22.7 Å². The Kier molecular flexibility index (Phi) is 3.73. The lowest BCUT2D eigenvalue weighted by atomic mass is 10.1. The molecular formula is C11H13BrFNO2S. The Bertz CT molecular complexity index is 518. The van der Waals surface area contributed by atoms with E-state index in [2.05, 4.69) is 21.2 Å². The molecule has 0 amide bonds. The molecule has 1 saturated heterocycles. The van der Waals surface area contributed by atoms with Crippen LogP contribution in [0.4, 0.5) is 10.1 Å². The highest BCUT2D eigenvalue weighted by atomic mass is 79.9. The zero-order chi connectivity index (χ0) is 12.5. The zero-order valence-corrected chi connectivity index (χ0v) is 11.5. The van der Waals surface area contributed by atoms with E-state index in [1.54, 1.807) is 6.07 Å². The van der Waals surface area contributed by atoms with Crippen molar-refractivity contribution in [3.8, 4) is 0 Å². The molecule has 1 atom stereocenters. The molecule has 0 aliphatic carbocycles. The normalized spacial score (nSPS) is 23.3. The first-order valence-electron chi connectivity index (χ1n) is 5.38. The van der Waals surface area contributed by atoms with E-state index in [9.17, 15) is 12.8 Å². The molecule has 1 aliphatic rings. The molecule has 0 aromatic heterocycles. The number of anilines is 1. The summed E-state index contributed by atoms with van der Waals surface area (Å²) in [6.07, 6.45) is 1.45. The minimum atomic E-state index is -2.95. The van der Waals surface area contributed by atoms with Crippen LogP contribution < -0.4 is 5.32 Å². The summed E-state index contributed by atoms with van der Waals surface area (Å²) in [5, 5.41) is 3.08. The molecule has 0 radical (unpaired) electrons. The average Bonchev–Trinajstić information content (AvgIpc) is 2.22. The molecule has 1 aromatic rings. The molecule has 0 bridgehead atoms. The summed E-state index contributed by atoms with van der Waals surface area (Å²) in [6, 6.07) is 4.19. The molecule has 1 N–H and O–H groups in total. The number of hydrogen-bond acceptors (Lipinski definition) is 3. The summed E-state index contributed by atoms with van der Waals surface area (Å²) >= 11 is 3.31. The maximum Gasteiger partial charge on any atom is 0.152 e. The Morgan fingerprint density at radius 3 is 2.88 bits per heavy atom. The van der Waals surface area contributed by atoms with Crippen LogP contribution in [0, 0.1) is 5.82 Å². The van der Waals surface area contributed by atoms with E-state index in [0.29, 0.717) is 12.1 Å². The van der Waals surface area contributed by atoms with Crippen molar-refractivity contribution >= 4 is 31.5 Å². The van der Waals surface area contributed by atoms with Gasteiger partial charge in [0, 0.05) is 10.5 Å². The predicted molar refractivity (Wildman–Crippen MR) is 69.4 cm³/mol. The summed E-state index contributed by atoms with van der Waals surface area (Å²) in [4.78, 5) is 0. The second-order valence-corrected chi connectivity index (χ2v) is 7.31.